The van der Waals surface area contributed by atoms with Gasteiger partial charge >= 0.3 is 0 Å². The molecular formula is C16H22N2O2. The van der Waals surface area contributed by atoms with Crippen LogP contribution >= 0.6 is 0 Å². The molecule has 4 nitrogen and oxygen atoms in total. The number of nitrogens with one attached hydrogen (secondary N) is 1. The van der Waals surface area contributed by atoms with Crippen LogP contribution in [0.25, 0.3) is 10.9 Å². The van der Waals surface area contributed by atoms with Gasteiger partial charge in [0.15, 0.2) is 0 Å². The fourth-order valence-electron chi connectivity index (χ4n) is 1.96. The number of nitrogens with zero attached hydrogens (tertiary/aromatic N) is 1. The van der Waals surface area contributed by atoms with E-state index in [4.69, 9.17) is 4.74 Å². The molecule has 1 heterocycles. The molecule has 20 heavy (non-hydrogen) atoms. The summed E-state index contributed by atoms with van der Waals surface area (Å²) in [5, 5.41) is 14.5. The van der Waals surface area contributed by atoms with E-state index in [1.807, 2.05) is 30.3 Å². The topological polar surface area (TPSA) is 54.4 Å². The van der Waals surface area contributed by atoms with Crippen molar-refractivity contribution in [1.82, 2.24) is 10.3 Å². The van der Waals surface area contributed by atoms with Gasteiger partial charge in [-0.1, -0.05) is 13.0 Å². The van der Waals surface area contributed by atoms with E-state index in [-0.39, 0.29) is 6.61 Å². The standard InChI is InChI=1S/C16H22N2O2/c1-3-8-17-11-16(2,19)12-20-14-7-6-13-5-4-9-18-15(13)10-14/h4-7,9-10,17,19H,3,8,11-12H2,1-2H3. The SMILES string of the molecule is CCCNCC(C)(O)COc1ccc2cccnc2c1. The first-order chi connectivity index (χ1) is 9.61. The fraction of sp³-hybridized carbons (Fsp3) is 0.438. The summed E-state index contributed by atoms with van der Waals surface area (Å²) >= 11 is 0. The molecule has 1 aromatic carbocycles. The molecule has 0 aliphatic rings. The average Bonchev–Trinajstić information content (AvgIpc) is 2.45. The molecule has 0 amide bonds. The van der Waals surface area contributed by atoms with Crippen molar-refractivity contribution in [3.63, 3.8) is 0 Å². The predicted octanol–water partition coefficient (Wildman–Crippen LogP) is 2.36. The first kappa shape index (κ1) is 14.8. The number of rotatable bonds is 7. The molecule has 0 aliphatic carbocycles. The zero-order valence-electron chi connectivity index (χ0n) is 12.1. The fourth-order valence-corrected chi connectivity index (χ4v) is 1.96. The van der Waals surface area contributed by atoms with Crippen molar-refractivity contribution in [2.75, 3.05) is 19.7 Å². The second-order valence-electron chi connectivity index (χ2n) is 5.32. The van der Waals surface area contributed by atoms with Crippen molar-refractivity contribution < 1.29 is 9.84 Å². The molecule has 0 bridgehead atoms. The maximum absolute atomic E-state index is 10.2. The Kier molecular flexibility index (Phi) is 4.93. The molecule has 0 saturated carbocycles. The van der Waals surface area contributed by atoms with Gasteiger partial charge in [0.25, 0.3) is 0 Å². The molecule has 1 unspecified atom stereocenters. The summed E-state index contributed by atoms with van der Waals surface area (Å²) in [6, 6.07) is 9.69. The molecule has 0 radical (unpaired) electrons. The summed E-state index contributed by atoms with van der Waals surface area (Å²) in [5.74, 6) is 0.729. The highest BCUT2D eigenvalue weighted by atomic mass is 16.5. The molecule has 2 N–H and O–H groups in total. The van der Waals surface area contributed by atoms with E-state index in [0.717, 1.165) is 29.6 Å². The van der Waals surface area contributed by atoms with E-state index in [1.54, 1.807) is 13.1 Å². The maximum Gasteiger partial charge on any atom is 0.121 e. The third-order valence-electron chi connectivity index (χ3n) is 3.06. The van der Waals surface area contributed by atoms with Gasteiger partial charge in [-0.2, -0.15) is 0 Å². The first-order valence-electron chi connectivity index (χ1n) is 7.01. The Morgan fingerprint density at radius 2 is 2.20 bits per heavy atom. The molecule has 2 rings (SSSR count). The van der Waals surface area contributed by atoms with Gasteiger partial charge in [-0.3, -0.25) is 4.98 Å². The molecule has 4 heteroatoms. The van der Waals surface area contributed by atoms with Crippen LogP contribution in [0.2, 0.25) is 0 Å². The number of ether oxygens (including phenoxy) is 1. The molecule has 108 valence electrons. The highest BCUT2D eigenvalue weighted by molar-refractivity contribution is 5.79. The summed E-state index contributed by atoms with van der Waals surface area (Å²) < 4.78 is 5.68. The second kappa shape index (κ2) is 6.68. The summed E-state index contributed by atoms with van der Waals surface area (Å²) in [4.78, 5) is 4.29. The second-order valence-corrected chi connectivity index (χ2v) is 5.32. The Bertz CT molecular complexity index is 555. The summed E-state index contributed by atoms with van der Waals surface area (Å²) in [6.07, 6.45) is 2.81. The Balaban J connectivity index is 1.94. The van der Waals surface area contributed by atoms with Crippen molar-refractivity contribution in [3.05, 3.63) is 36.5 Å². The van der Waals surface area contributed by atoms with Gasteiger partial charge in [-0.05, 0) is 38.1 Å². The lowest BCUT2D eigenvalue weighted by Gasteiger charge is -2.24. The molecule has 0 saturated heterocycles. The molecule has 0 fully saturated rings. The van der Waals surface area contributed by atoms with Crippen LogP contribution in [0.1, 0.15) is 20.3 Å². The lowest BCUT2D eigenvalue weighted by Crippen LogP contribution is -2.43. The number of fused-ring (bicyclic) bond motifs is 1. The lowest BCUT2D eigenvalue weighted by atomic mass is 10.1. The van der Waals surface area contributed by atoms with Crippen LogP contribution in [0.3, 0.4) is 0 Å². The van der Waals surface area contributed by atoms with Crippen LogP contribution in [0.4, 0.5) is 0 Å². The monoisotopic (exact) mass is 274 g/mol. The van der Waals surface area contributed by atoms with Gasteiger partial charge in [-0.15, -0.1) is 0 Å². The van der Waals surface area contributed by atoms with Gasteiger partial charge in [0.2, 0.25) is 0 Å². The Morgan fingerprint density at radius 3 is 3.00 bits per heavy atom. The van der Waals surface area contributed by atoms with E-state index < -0.39 is 5.60 Å². The molecule has 2 aromatic rings. The molecule has 1 atom stereocenters. The molecule has 0 aliphatic heterocycles. The maximum atomic E-state index is 10.2. The average molecular weight is 274 g/mol. The quantitative estimate of drug-likeness (QED) is 0.761. The zero-order valence-corrected chi connectivity index (χ0v) is 12.1. The van der Waals surface area contributed by atoms with E-state index >= 15 is 0 Å². The van der Waals surface area contributed by atoms with Gasteiger partial charge in [-0.25, -0.2) is 0 Å². The van der Waals surface area contributed by atoms with Crippen LogP contribution in [0.15, 0.2) is 36.5 Å². The van der Waals surface area contributed by atoms with Gasteiger partial charge in [0, 0.05) is 24.2 Å². The van der Waals surface area contributed by atoms with Crippen molar-refractivity contribution in [3.8, 4) is 5.75 Å². The molecular weight excluding hydrogens is 252 g/mol. The van der Waals surface area contributed by atoms with Crippen LogP contribution in [0, 0.1) is 0 Å². The smallest absolute Gasteiger partial charge is 0.121 e. The minimum atomic E-state index is -0.881. The Morgan fingerprint density at radius 1 is 1.35 bits per heavy atom. The van der Waals surface area contributed by atoms with Crippen LogP contribution in [-0.4, -0.2) is 35.4 Å². The number of aromatic nitrogens is 1. The van der Waals surface area contributed by atoms with E-state index in [1.165, 1.54) is 0 Å². The van der Waals surface area contributed by atoms with E-state index in [9.17, 15) is 5.11 Å². The third kappa shape index (κ3) is 4.18. The number of benzene rings is 1. The van der Waals surface area contributed by atoms with Crippen LogP contribution in [-0.2, 0) is 0 Å². The van der Waals surface area contributed by atoms with E-state index in [2.05, 4.69) is 17.2 Å². The van der Waals surface area contributed by atoms with Gasteiger partial charge in [0.1, 0.15) is 18.0 Å². The van der Waals surface area contributed by atoms with E-state index in [0.29, 0.717) is 6.54 Å². The van der Waals surface area contributed by atoms with Crippen molar-refractivity contribution in [2.24, 2.45) is 0 Å². The minimum Gasteiger partial charge on any atom is -0.490 e. The molecule has 0 spiro atoms. The highest BCUT2D eigenvalue weighted by Gasteiger charge is 2.20. The van der Waals surface area contributed by atoms with Crippen molar-refractivity contribution in [2.45, 2.75) is 25.9 Å². The molecule has 1 aromatic heterocycles. The highest BCUT2D eigenvalue weighted by Crippen LogP contribution is 2.19. The Labute approximate surface area is 119 Å². The third-order valence-corrected chi connectivity index (χ3v) is 3.06. The summed E-state index contributed by atoms with van der Waals surface area (Å²) in [7, 11) is 0. The number of hydrogen-bond donors (Lipinski definition) is 2. The number of aliphatic hydroxyl groups is 1. The number of pyridine rings is 1. The summed E-state index contributed by atoms with van der Waals surface area (Å²) in [6.45, 7) is 5.54. The van der Waals surface area contributed by atoms with Crippen molar-refractivity contribution >= 4 is 10.9 Å². The van der Waals surface area contributed by atoms with Gasteiger partial charge in [0.05, 0.1) is 5.52 Å². The zero-order chi connectivity index (χ0) is 14.4. The van der Waals surface area contributed by atoms with Crippen LogP contribution in [0.5, 0.6) is 5.75 Å². The normalized spacial score (nSPS) is 14.2. The Hall–Kier alpha value is -1.65. The van der Waals surface area contributed by atoms with Crippen LogP contribution < -0.4 is 10.1 Å². The predicted molar refractivity (Wildman–Crippen MR) is 81.0 cm³/mol. The summed E-state index contributed by atoms with van der Waals surface area (Å²) in [5.41, 5.74) is 0.0163. The number of hydrogen-bond acceptors (Lipinski definition) is 4. The largest absolute Gasteiger partial charge is 0.490 e. The lowest BCUT2D eigenvalue weighted by molar-refractivity contribution is 0.0125. The van der Waals surface area contributed by atoms with Gasteiger partial charge < -0.3 is 15.2 Å². The first-order valence-corrected chi connectivity index (χ1v) is 7.01. The minimum absolute atomic E-state index is 0.252. The van der Waals surface area contributed by atoms with Crippen molar-refractivity contribution in [1.29, 1.82) is 0 Å².